The molecule has 0 amide bonds. The van der Waals surface area contributed by atoms with E-state index in [1.165, 1.54) is 0 Å². The topological polar surface area (TPSA) is 49.8 Å². The third kappa shape index (κ3) is 3.70. The molecule has 0 fully saturated rings. The number of benzene rings is 2. The molecule has 5 heteroatoms. The second-order valence-electron chi connectivity index (χ2n) is 4.38. The molecule has 2 N–H and O–H groups in total. The fourth-order valence-electron chi connectivity index (χ4n) is 1.86. The number of aromatic nitrogens is 2. The maximum absolute atomic E-state index is 6.05. The van der Waals surface area contributed by atoms with E-state index in [2.05, 4.69) is 20.6 Å². The van der Waals surface area contributed by atoms with Crippen molar-refractivity contribution in [1.29, 1.82) is 0 Å². The molecule has 1 heterocycles. The van der Waals surface area contributed by atoms with Gasteiger partial charge in [-0.1, -0.05) is 48.0 Å². The molecule has 2 aromatic carbocycles. The normalized spacial score (nSPS) is 10.1. The van der Waals surface area contributed by atoms with E-state index in [4.69, 9.17) is 11.6 Å². The summed E-state index contributed by atoms with van der Waals surface area (Å²) >= 11 is 6.05. The summed E-state index contributed by atoms with van der Waals surface area (Å²) in [5.41, 5.74) is 1.85. The summed E-state index contributed by atoms with van der Waals surface area (Å²) in [6.45, 7) is 0. The summed E-state index contributed by atoms with van der Waals surface area (Å²) in [7, 11) is 0. The van der Waals surface area contributed by atoms with Crippen LogP contribution in [-0.4, -0.2) is 9.97 Å². The first kappa shape index (κ1) is 13.4. The van der Waals surface area contributed by atoms with E-state index in [1.54, 1.807) is 6.07 Å². The van der Waals surface area contributed by atoms with Gasteiger partial charge in [-0.3, -0.25) is 0 Å². The Morgan fingerprint density at radius 2 is 1.29 bits per heavy atom. The Labute approximate surface area is 127 Å². The van der Waals surface area contributed by atoms with Gasteiger partial charge in [-0.2, -0.15) is 4.98 Å². The van der Waals surface area contributed by atoms with Crippen LogP contribution in [0.3, 0.4) is 0 Å². The summed E-state index contributed by atoms with van der Waals surface area (Å²) in [4.78, 5) is 8.58. The van der Waals surface area contributed by atoms with Gasteiger partial charge in [0.1, 0.15) is 11.0 Å². The van der Waals surface area contributed by atoms with Gasteiger partial charge >= 0.3 is 0 Å². The molecule has 0 unspecified atom stereocenters. The molecule has 0 saturated carbocycles. The van der Waals surface area contributed by atoms with E-state index in [-0.39, 0.29) is 0 Å². The average molecular weight is 297 g/mol. The zero-order chi connectivity index (χ0) is 14.5. The van der Waals surface area contributed by atoms with E-state index in [9.17, 15) is 0 Å². The predicted octanol–water partition coefficient (Wildman–Crippen LogP) is 4.62. The van der Waals surface area contributed by atoms with Crippen LogP contribution in [0.1, 0.15) is 0 Å². The molecule has 1 aromatic heterocycles. The zero-order valence-corrected chi connectivity index (χ0v) is 11.9. The van der Waals surface area contributed by atoms with Gasteiger partial charge in [0, 0.05) is 17.4 Å². The number of nitrogens with one attached hydrogen (secondary N) is 2. The molecule has 0 spiro atoms. The molecule has 0 bridgehead atoms. The predicted molar refractivity (Wildman–Crippen MR) is 86.5 cm³/mol. The fraction of sp³-hybridized carbons (Fsp3) is 0. The van der Waals surface area contributed by atoms with E-state index < -0.39 is 0 Å². The lowest BCUT2D eigenvalue weighted by molar-refractivity contribution is 1.17. The molecule has 4 nitrogen and oxygen atoms in total. The minimum absolute atomic E-state index is 0.377. The molecular weight excluding hydrogens is 284 g/mol. The monoisotopic (exact) mass is 296 g/mol. The lowest BCUT2D eigenvalue weighted by Gasteiger charge is -2.09. The van der Waals surface area contributed by atoms with Crippen LogP contribution in [-0.2, 0) is 0 Å². The number of halogens is 1. The zero-order valence-electron chi connectivity index (χ0n) is 11.1. The number of hydrogen-bond acceptors (Lipinski definition) is 4. The molecule has 0 atom stereocenters. The minimum atomic E-state index is 0.377. The van der Waals surface area contributed by atoms with Crippen molar-refractivity contribution in [3.63, 3.8) is 0 Å². The fourth-order valence-corrected chi connectivity index (χ4v) is 2.04. The minimum Gasteiger partial charge on any atom is -0.340 e. The Hall–Kier alpha value is -2.59. The molecule has 21 heavy (non-hydrogen) atoms. The Morgan fingerprint density at radius 1 is 0.714 bits per heavy atom. The van der Waals surface area contributed by atoms with E-state index in [0.29, 0.717) is 16.9 Å². The van der Waals surface area contributed by atoms with Gasteiger partial charge in [0.05, 0.1) is 0 Å². The first-order valence-corrected chi connectivity index (χ1v) is 6.86. The lowest BCUT2D eigenvalue weighted by Crippen LogP contribution is -2.01. The summed E-state index contributed by atoms with van der Waals surface area (Å²) < 4.78 is 0. The highest BCUT2D eigenvalue weighted by Crippen LogP contribution is 2.20. The third-order valence-corrected chi connectivity index (χ3v) is 2.96. The smallest absolute Gasteiger partial charge is 0.230 e. The molecule has 0 aliphatic carbocycles. The number of nitrogens with zero attached hydrogens (tertiary/aromatic N) is 2. The Morgan fingerprint density at radius 3 is 1.90 bits per heavy atom. The van der Waals surface area contributed by atoms with Crippen molar-refractivity contribution in [2.24, 2.45) is 0 Å². The maximum Gasteiger partial charge on any atom is 0.230 e. The number of hydrogen-bond donors (Lipinski definition) is 2. The molecule has 104 valence electrons. The Bertz CT molecular complexity index is 657. The first-order chi connectivity index (χ1) is 10.3. The molecule has 0 saturated heterocycles. The van der Waals surface area contributed by atoms with Crippen LogP contribution in [0.4, 0.5) is 23.1 Å². The van der Waals surface area contributed by atoms with Crippen LogP contribution < -0.4 is 10.6 Å². The first-order valence-electron chi connectivity index (χ1n) is 6.48. The lowest BCUT2D eigenvalue weighted by atomic mass is 10.3. The highest BCUT2D eigenvalue weighted by Gasteiger charge is 2.04. The van der Waals surface area contributed by atoms with Gasteiger partial charge in [0.2, 0.25) is 5.95 Å². The van der Waals surface area contributed by atoms with Crippen molar-refractivity contribution in [3.05, 3.63) is 71.9 Å². The summed E-state index contributed by atoms with van der Waals surface area (Å²) in [6.07, 6.45) is 0. The van der Waals surface area contributed by atoms with Gasteiger partial charge in [-0.05, 0) is 24.3 Å². The van der Waals surface area contributed by atoms with Crippen LogP contribution in [0.5, 0.6) is 0 Å². The summed E-state index contributed by atoms with van der Waals surface area (Å²) in [6, 6.07) is 21.2. The van der Waals surface area contributed by atoms with Crippen molar-refractivity contribution in [2.45, 2.75) is 0 Å². The van der Waals surface area contributed by atoms with Crippen LogP contribution >= 0.6 is 11.6 Å². The van der Waals surface area contributed by atoms with E-state index in [1.807, 2.05) is 60.7 Å². The van der Waals surface area contributed by atoms with Crippen molar-refractivity contribution in [3.8, 4) is 0 Å². The largest absolute Gasteiger partial charge is 0.340 e. The Balaban J connectivity index is 1.83. The second kappa shape index (κ2) is 6.24. The number of rotatable bonds is 4. The van der Waals surface area contributed by atoms with Gasteiger partial charge in [0.25, 0.3) is 0 Å². The quantitative estimate of drug-likeness (QED) is 0.690. The van der Waals surface area contributed by atoms with Crippen molar-refractivity contribution >= 4 is 34.7 Å². The van der Waals surface area contributed by atoms with E-state index >= 15 is 0 Å². The van der Waals surface area contributed by atoms with Crippen LogP contribution in [0, 0.1) is 0 Å². The molecule has 3 rings (SSSR count). The third-order valence-electron chi connectivity index (χ3n) is 2.77. The SMILES string of the molecule is Clc1cc(Nc2ccccc2)nc(Nc2ccccc2)n1. The standard InChI is InChI=1S/C16H13ClN4/c17-14-11-15(18-12-7-3-1-4-8-12)21-16(20-14)19-13-9-5-2-6-10-13/h1-11H,(H2,18,19,20,21). The average Bonchev–Trinajstić information content (AvgIpc) is 2.48. The van der Waals surface area contributed by atoms with Gasteiger partial charge in [0.15, 0.2) is 0 Å². The van der Waals surface area contributed by atoms with Crippen LogP contribution in [0.25, 0.3) is 0 Å². The molecule has 0 aliphatic heterocycles. The van der Waals surface area contributed by atoms with E-state index in [0.717, 1.165) is 11.4 Å². The molecule has 0 aliphatic rings. The highest BCUT2D eigenvalue weighted by atomic mass is 35.5. The maximum atomic E-state index is 6.05. The highest BCUT2D eigenvalue weighted by molar-refractivity contribution is 6.29. The second-order valence-corrected chi connectivity index (χ2v) is 4.77. The molecule has 3 aromatic rings. The number of anilines is 4. The summed E-state index contributed by atoms with van der Waals surface area (Å²) in [5.74, 6) is 1.09. The molecular formula is C16H13ClN4. The Kier molecular flexibility index (Phi) is 3.98. The van der Waals surface area contributed by atoms with Crippen LogP contribution in [0.2, 0.25) is 5.15 Å². The van der Waals surface area contributed by atoms with Crippen molar-refractivity contribution < 1.29 is 0 Å². The van der Waals surface area contributed by atoms with Crippen LogP contribution in [0.15, 0.2) is 66.7 Å². The number of para-hydroxylation sites is 2. The van der Waals surface area contributed by atoms with Crippen molar-refractivity contribution in [1.82, 2.24) is 9.97 Å². The molecule has 0 radical (unpaired) electrons. The van der Waals surface area contributed by atoms with Crippen molar-refractivity contribution in [2.75, 3.05) is 10.6 Å². The van der Waals surface area contributed by atoms with Gasteiger partial charge in [-0.15, -0.1) is 0 Å². The van der Waals surface area contributed by atoms with Gasteiger partial charge < -0.3 is 10.6 Å². The van der Waals surface area contributed by atoms with Gasteiger partial charge in [-0.25, -0.2) is 4.98 Å². The summed E-state index contributed by atoms with van der Waals surface area (Å²) in [5, 5.41) is 6.70.